The molecule has 0 saturated carbocycles. The van der Waals surface area contributed by atoms with Gasteiger partial charge in [-0.15, -0.1) is 0 Å². The molecular formula is C18H20FN3O2S. The molecule has 1 atom stereocenters. The summed E-state index contributed by atoms with van der Waals surface area (Å²) in [4.78, 5) is 6.77. The number of benzene rings is 1. The molecule has 2 aliphatic rings. The fourth-order valence-corrected chi connectivity index (χ4v) is 5.03. The lowest BCUT2D eigenvalue weighted by Gasteiger charge is -2.25. The normalized spacial score (nSPS) is 23.4. The summed E-state index contributed by atoms with van der Waals surface area (Å²) in [7, 11) is -3.34. The monoisotopic (exact) mass is 361 g/mol. The van der Waals surface area contributed by atoms with Crippen molar-refractivity contribution in [2.45, 2.75) is 18.4 Å². The van der Waals surface area contributed by atoms with Gasteiger partial charge in [0.25, 0.3) is 0 Å². The minimum absolute atomic E-state index is 0.234. The smallest absolute Gasteiger partial charge is 0.232 e. The van der Waals surface area contributed by atoms with E-state index in [2.05, 4.69) is 9.88 Å². The Balaban J connectivity index is 1.61. The molecule has 2 aliphatic heterocycles. The van der Waals surface area contributed by atoms with Crippen LogP contribution in [0.15, 0.2) is 42.6 Å². The first-order valence-corrected chi connectivity index (χ1v) is 10.1. The Kier molecular flexibility index (Phi) is 3.81. The van der Waals surface area contributed by atoms with Crippen LogP contribution in [0.5, 0.6) is 0 Å². The molecule has 0 aliphatic carbocycles. The molecule has 0 N–H and O–H groups in total. The average Bonchev–Trinajstić information content (AvgIpc) is 3.10. The zero-order valence-corrected chi connectivity index (χ0v) is 14.8. The molecule has 1 fully saturated rings. The van der Waals surface area contributed by atoms with E-state index >= 15 is 0 Å². The van der Waals surface area contributed by atoms with Crippen molar-refractivity contribution in [1.82, 2.24) is 9.88 Å². The molecule has 0 amide bonds. The molecule has 1 saturated heterocycles. The van der Waals surface area contributed by atoms with E-state index in [9.17, 15) is 12.8 Å². The first-order valence-electron chi connectivity index (χ1n) is 8.27. The first-order chi connectivity index (χ1) is 11.9. The molecule has 3 heterocycles. The van der Waals surface area contributed by atoms with Gasteiger partial charge in [-0.3, -0.25) is 14.2 Å². The predicted octanol–water partition coefficient (Wildman–Crippen LogP) is 2.14. The number of pyridine rings is 1. The van der Waals surface area contributed by atoms with Crippen LogP contribution in [0.1, 0.15) is 17.7 Å². The Hall–Kier alpha value is -1.99. The van der Waals surface area contributed by atoms with Gasteiger partial charge in [-0.1, -0.05) is 12.1 Å². The number of rotatable bonds is 3. The molecule has 25 heavy (non-hydrogen) atoms. The first kappa shape index (κ1) is 16.5. The number of anilines is 1. The molecule has 0 unspecified atom stereocenters. The van der Waals surface area contributed by atoms with Gasteiger partial charge in [0.15, 0.2) is 0 Å². The van der Waals surface area contributed by atoms with E-state index in [1.165, 1.54) is 16.6 Å². The summed E-state index contributed by atoms with van der Waals surface area (Å²) in [6.45, 7) is 2.64. The Bertz CT molecular complexity index is 918. The van der Waals surface area contributed by atoms with E-state index in [4.69, 9.17) is 0 Å². The van der Waals surface area contributed by atoms with Crippen LogP contribution in [0.3, 0.4) is 0 Å². The number of hydrogen-bond acceptors (Lipinski definition) is 4. The zero-order chi connectivity index (χ0) is 17.7. The van der Waals surface area contributed by atoms with Crippen molar-refractivity contribution < 1.29 is 12.8 Å². The topological polar surface area (TPSA) is 53.5 Å². The lowest BCUT2D eigenvalue weighted by atomic mass is 9.85. The number of sulfonamides is 1. The highest BCUT2D eigenvalue weighted by molar-refractivity contribution is 7.92. The summed E-state index contributed by atoms with van der Waals surface area (Å²) in [5.41, 5.74) is 2.20. The maximum absolute atomic E-state index is 13.4. The van der Waals surface area contributed by atoms with Crippen LogP contribution in [0.2, 0.25) is 0 Å². The second-order valence-electron chi connectivity index (χ2n) is 7.01. The van der Waals surface area contributed by atoms with Crippen LogP contribution in [-0.4, -0.2) is 44.2 Å². The van der Waals surface area contributed by atoms with E-state index in [1.807, 2.05) is 12.1 Å². The summed E-state index contributed by atoms with van der Waals surface area (Å²) < 4.78 is 39.3. The van der Waals surface area contributed by atoms with Crippen LogP contribution < -0.4 is 4.31 Å². The standard InChI is InChI=1S/C18H20FN3O2S/c1-25(23,24)22-13-18(17-16(22)6-3-8-20-17)7-9-21(12-18)11-14-4-2-5-15(19)10-14/h2-6,8,10H,7,9,11-13H2,1H3/t18-/m0/s1. The van der Waals surface area contributed by atoms with Gasteiger partial charge in [0, 0.05) is 31.2 Å². The largest absolute Gasteiger partial charge is 0.298 e. The van der Waals surface area contributed by atoms with E-state index in [0.717, 1.165) is 30.8 Å². The van der Waals surface area contributed by atoms with Crippen LogP contribution >= 0.6 is 0 Å². The zero-order valence-electron chi connectivity index (χ0n) is 14.0. The van der Waals surface area contributed by atoms with Crippen molar-refractivity contribution >= 4 is 15.7 Å². The Morgan fingerprint density at radius 3 is 2.84 bits per heavy atom. The molecule has 0 bridgehead atoms. The fourth-order valence-electron chi connectivity index (χ4n) is 4.05. The van der Waals surface area contributed by atoms with Crippen molar-refractivity contribution in [2.24, 2.45) is 0 Å². The number of aromatic nitrogens is 1. The van der Waals surface area contributed by atoms with E-state index < -0.39 is 10.0 Å². The molecule has 1 aromatic carbocycles. The van der Waals surface area contributed by atoms with Gasteiger partial charge in [0.2, 0.25) is 10.0 Å². The van der Waals surface area contributed by atoms with Crippen molar-refractivity contribution in [2.75, 3.05) is 30.2 Å². The summed E-state index contributed by atoms with van der Waals surface area (Å²) in [5, 5.41) is 0. The Morgan fingerprint density at radius 1 is 1.24 bits per heavy atom. The predicted molar refractivity (Wildman–Crippen MR) is 94.4 cm³/mol. The third-order valence-corrected chi connectivity index (χ3v) is 6.26. The van der Waals surface area contributed by atoms with E-state index in [-0.39, 0.29) is 11.2 Å². The molecule has 0 radical (unpaired) electrons. The van der Waals surface area contributed by atoms with Crippen LogP contribution in [0, 0.1) is 5.82 Å². The molecule has 132 valence electrons. The van der Waals surface area contributed by atoms with Crippen molar-refractivity contribution in [3.8, 4) is 0 Å². The van der Waals surface area contributed by atoms with E-state index in [1.54, 1.807) is 24.4 Å². The van der Waals surface area contributed by atoms with Gasteiger partial charge >= 0.3 is 0 Å². The highest BCUT2D eigenvalue weighted by atomic mass is 32.2. The molecule has 2 aromatic rings. The highest BCUT2D eigenvalue weighted by Crippen LogP contribution is 2.46. The lowest BCUT2D eigenvalue weighted by molar-refractivity contribution is 0.306. The van der Waals surface area contributed by atoms with Crippen LogP contribution in [0.4, 0.5) is 10.1 Å². The third-order valence-electron chi connectivity index (χ3n) is 5.13. The average molecular weight is 361 g/mol. The van der Waals surface area contributed by atoms with Gasteiger partial charge in [0.1, 0.15) is 5.82 Å². The number of fused-ring (bicyclic) bond motifs is 2. The lowest BCUT2D eigenvalue weighted by Crippen LogP contribution is -2.38. The number of hydrogen-bond donors (Lipinski definition) is 0. The second kappa shape index (κ2) is 5.78. The van der Waals surface area contributed by atoms with Crippen molar-refractivity contribution in [1.29, 1.82) is 0 Å². The van der Waals surface area contributed by atoms with Gasteiger partial charge in [0.05, 0.1) is 17.6 Å². The summed E-state index contributed by atoms with van der Waals surface area (Å²) in [6.07, 6.45) is 3.81. The minimum Gasteiger partial charge on any atom is -0.298 e. The fraction of sp³-hybridized carbons (Fsp3) is 0.389. The van der Waals surface area contributed by atoms with Gasteiger partial charge in [-0.25, -0.2) is 12.8 Å². The van der Waals surface area contributed by atoms with Gasteiger partial charge < -0.3 is 0 Å². The molecule has 5 nitrogen and oxygen atoms in total. The molecular weight excluding hydrogens is 341 g/mol. The Labute approximate surface area is 147 Å². The Morgan fingerprint density at radius 2 is 2.08 bits per heavy atom. The molecule has 4 rings (SSSR count). The summed E-state index contributed by atoms with van der Waals surface area (Å²) >= 11 is 0. The number of halogens is 1. The molecule has 7 heteroatoms. The molecule has 1 spiro atoms. The van der Waals surface area contributed by atoms with E-state index in [0.29, 0.717) is 18.8 Å². The van der Waals surface area contributed by atoms with Gasteiger partial charge in [-0.05, 0) is 42.8 Å². The third kappa shape index (κ3) is 2.91. The van der Waals surface area contributed by atoms with Crippen molar-refractivity contribution in [3.63, 3.8) is 0 Å². The summed E-state index contributed by atoms with van der Waals surface area (Å²) in [5.74, 6) is -0.234. The van der Waals surface area contributed by atoms with Crippen LogP contribution in [0.25, 0.3) is 0 Å². The molecule has 1 aromatic heterocycles. The maximum atomic E-state index is 13.4. The van der Waals surface area contributed by atoms with Gasteiger partial charge in [-0.2, -0.15) is 0 Å². The number of likely N-dealkylation sites (tertiary alicyclic amines) is 1. The minimum atomic E-state index is -3.34. The number of nitrogens with zero attached hydrogens (tertiary/aromatic N) is 3. The second-order valence-corrected chi connectivity index (χ2v) is 8.92. The van der Waals surface area contributed by atoms with Crippen LogP contribution in [-0.2, 0) is 22.0 Å². The summed E-state index contributed by atoms with van der Waals surface area (Å²) in [6, 6.07) is 10.2. The quantitative estimate of drug-likeness (QED) is 0.841. The SMILES string of the molecule is CS(=O)(=O)N1C[C@@]2(CCN(Cc3cccc(F)c3)C2)c2ncccc21. The van der Waals surface area contributed by atoms with Crippen molar-refractivity contribution in [3.05, 3.63) is 59.7 Å². The maximum Gasteiger partial charge on any atom is 0.232 e. The highest BCUT2D eigenvalue weighted by Gasteiger charge is 2.50.